The standard InChI is InChI=1S/C23H25BrN4O4/c1-15-20(21(27-32-15)16-3-5-18(24)6-4-16)22(29)17-13-19(26-14-17)23(30)25-7-2-8-28-9-11-31-12-10-28/h3-6,13-14,26H,2,7-12H2,1H3,(H,25,30). The first kappa shape index (κ1) is 22.4. The van der Waals surface area contributed by atoms with Crippen LogP contribution < -0.4 is 5.32 Å². The van der Waals surface area contributed by atoms with E-state index in [0.29, 0.717) is 34.8 Å². The van der Waals surface area contributed by atoms with Crippen LogP contribution in [0, 0.1) is 6.92 Å². The van der Waals surface area contributed by atoms with Gasteiger partial charge in [-0.05, 0) is 38.1 Å². The number of rotatable bonds is 8. The van der Waals surface area contributed by atoms with Gasteiger partial charge in [0, 0.05) is 41.4 Å². The van der Waals surface area contributed by atoms with E-state index in [2.05, 4.69) is 36.3 Å². The molecule has 32 heavy (non-hydrogen) atoms. The summed E-state index contributed by atoms with van der Waals surface area (Å²) in [4.78, 5) is 30.9. The molecule has 3 heterocycles. The summed E-state index contributed by atoms with van der Waals surface area (Å²) in [5.41, 5.74) is 2.38. The molecular formula is C23H25BrN4O4. The summed E-state index contributed by atoms with van der Waals surface area (Å²) >= 11 is 3.41. The lowest BCUT2D eigenvalue weighted by Gasteiger charge is -2.26. The summed E-state index contributed by atoms with van der Waals surface area (Å²) < 4.78 is 11.6. The second-order valence-electron chi connectivity index (χ2n) is 7.66. The second kappa shape index (κ2) is 10.2. The van der Waals surface area contributed by atoms with Crippen LogP contribution in [0.1, 0.15) is 38.6 Å². The van der Waals surface area contributed by atoms with Gasteiger partial charge in [-0.2, -0.15) is 0 Å². The third kappa shape index (κ3) is 5.17. The van der Waals surface area contributed by atoms with Crippen molar-refractivity contribution in [2.75, 3.05) is 39.4 Å². The topological polar surface area (TPSA) is 100 Å². The van der Waals surface area contributed by atoms with E-state index in [1.54, 1.807) is 19.2 Å². The van der Waals surface area contributed by atoms with Crippen LogP contribution in [0.15, 0.2) is 45.5 Å². The van der Waals surface area contributed by atoms with Crippen molar-refractivity contribution < 1.29 is 18.8 Å². The number of H-pyrrole nitrogens is 1. The SMILES string of the molecule is Cc1onc(-c2ccc(Br)cc2)c1C(=O)c1c[nH]c(C(=O)NCCCN2CCOCC2)c1. The van der Waals surface area contributed by atoms with Crippen molar-refractivity contribution in [3.8, 4) is 11.3 Å². The molecule has 1 aliphatic heterocycles. The number of benzene rings is 1. The minimum Gasteiger partial charge on any atom is -0.379 e. The molecule has 1 saturated heterocycles. The number of aromatic amines is 1. The quantitative estimate of drug-likeness (QED) is 0.363. The summed E-state index contributed by atoms with van der Waals surface area (Å²) in [6.45, 7) is 6.58. The van der Waals surface area contributed by atoms with Crippen molar-refractivity contribution >= 4 is 27.6 Å². The zero-order chi connectivity index (χ0) is 22.5. The van der Waals surface area contributed by atoms with E-state index in [4.69, 9.17) is 9.26 Å². The zero-order valence-corrected chi connectivity index (χ0v) is 19.4. The molecule has 3 aromatic rings. The van der Waals surface area contributed by atoms with Crippen molar-refractivity contribution in [2.45, 2.75) is 13.3 Å². The molecule has 0 radical (unpaired) electrons. The van der Waals surface area contributed by atoms with Gasteiger partial charge in [0.15, 0.2) is 5.78 Å². The molecule has 168 valence electrons. The fraction of sp³-hybridized carbons (Fsp3) is 0.348. The summed E-state index contributed by atoms with van der Waals surface area (Å²) in [6.07, 6.45) is 2.40. The number of nitrogens with zero attached hydrogens (tertiary/aromatic N) is 2. The zero-order valence-electron chi connectivity index (χ0n) is 17.8. The van der Waals surface area contributed by atoms with Crippen molar-refractivity contribution in [1.29, 1.82) is 0 Å². The van der Waals surface area contributed by atoms with Crippen molar-refractivity contribution in [1.82, 2.24) is 20.4 Å². The first-order valence-electron chi connectivity index (χ1n) is 10.6. The van der Waals surface area contributed by atoms with Gasteiger partial charge in [0.25, 0.3) is 5.91 Å². The maximum atomic E-state index is 13.2. The molecule has 8 nitrogen and oxygen atoms in total. The highest BCUT2D eigenvalue weighted by Gasteiger charge is 2.24. The number of nitrogens with one attached hydrogen (secondary N) is 2. The Bertz CT molecular complexity index is 1080. The maximum absolute atomic E-state index is 13.2. The number of carbonyl (C=O) groups is 2. The van der Waals surface area contributed by atoms with Crippen molar-refractivity contribution in [2.24, 2.45) is 0 Å². The first-order valence-corrected chi connectivity index (χ1v) is 11.4. The second-order valence-corrected chi connectivity index (χ2v) is 8.58. The van der Waals surface area contributed by atoms with Gasteiger partial charge < -0.3 is 19.6 Å². The van der Waals surface area contributed by atoms with Gasteiger partial charge in [-0.15, -0.1) is 0 Å². The molecule has 2 N–H and O–H groups in total. The molecule has 0 spiro atoms. The predicted octanol–water partition coefficient (Wildman–Crippen LogP) is 3.42. The average Bonchev–Trinajstić information content (AvgIpc) is 3.45. The molecular weight excluding hydrogens is 476 g/mol. The molecule has 9 heteroatoms. The third-order valence-corrected chi connectivity index (χ3v) is 5.97. The largest absolute Gasteiger partial charge is 0.379 e. The monoisotopic (exact) mass is 500 g/mol. The molecule has 1 aromatic carbocycles. The van der Waals surface area contributed by atoms with Gasteiger partial charge in [0.05, 0.1) is 18.8 Å². The lowest BCUT2D eigenvalue weighted by Crippen LogP contribution is -2.38. The number of hydrogen-bond donors (Lipinski definition) is 2. The number of ketones is 1. The van der Waals surface area contributed by atoms with Crippen LogP contribution in [0.3, 0.4) is 0 Å². The molecule has 0 unspecified atom stereocenters. The Hall–Kier alpha value is -2.75. The maximum Gasteiger partial charge on any atom is 0.267 e. The van der Waals surface area contributed by atoms with E-state index in [-0.39, 0.29) is 11.7 Å². The molecule has 0 atom stereocenters. The van der Waals surface area contributed by atoms with Crippen LogP contribution in [0.25, 0.3) is 11.3 Å². The average molecular weight is 501 g/mol. The van der Waals surface area contributed by atoms with E-state index in [9.17, 15) is 9.59 Å². The Morgan fingerprint density at radius 3 is 2.72 bits per heavy atom. The van der Waals surface area contributed by atoms with Gasteiger partial charge in [0.1, 0.15) is 17.1 Å². The number of carbonyl (C=O) groups excluding carboxylic acids is 2. The van der Waals surface area contributed by atoms with Crippen LogP contribution in [0.4, 0.5) is 0 Å². The Morgan fingerprint density at radius 2 is 1.97 bits per heavy atom. The van der Waals surface area contributed by atoms with Gasteiger partial charge in [-0.25, -0.2) is 0 Å². The van der Waals surface area contributed by atoms with Gasteiger partial charge in [0.2, 0.25) is 0 Å². The van der Waals surface area contributed by atoms with Crippen LogP contribution >= 0.6 is 15.9 Å². The highest BCUT2D eigenvalue weighted by molar-refractivity contribution is 9.10. The van der Waals surface area contributed by atoms with Gasteiger partial charge in [-0.3, -0.25) is 14.5 Å². The Balaban J connectivity index is 1.39. The lowest BCUT2D eigenvalue weighted by molar-refractivity contribution is 0.0374. The minimum absolute atomic E-state index is 0.235. The smallest absolute Gasteiger partial charge is 0.267 e. The number of morpholine rings is 1. The summed E-state index contributed by atoms with van der Waals surface area (Å²) in [6, 6.07) is 9.06. The molecule has 4 rings (SSSR count). The number of amides is 1. The Kier molecular flexibility index (Phi) is 7.19. The molecule has 1 aliphatic rings. The molecule has 1 amide bonds. The van der Waals surface area contributed by atoms with Gasteiger partial charge in [-0.1, -0.05) is 33.2 Å². The van der Waals surface area contributed by atoms with E-state index in [1.807, 2.05) is 24.3 Å². The molecule has 0 saturated carbocycles. The van der Waals surface area contributed by atoms with Crippen LogP contribution in [-0.2, 0) is 4.74 Å². The highest BCUT2D eigenvalue weighted by Crippen LogP contribution is 2.28. The van der Waals surface area contributed by atoms with E-state index >= 15 is 0 Å². The fourth-order valence-corrected chi connectivity index (χ4v) is 3.93. The number of aromatic nitrogens is 2. The van der Waals surface area contributed by atoms with Crippen molar-refractivity contribution in [3.63, 3.8) is 0 Å². The van der Waals surface area contributed by atoms with Crippen LogP contribution in [0.2, 0.25) is 0 Å². The molecule has 2 aromatic heterocycles. The Morgan fingerprint density at radius 1 is 1.22 bits per heavy atom. The predicted molar refractivity (Wildman–Crippen MR) is 123 cm³/mol. The fourth-order valence-electron chi connectivity index (χ4n) is 3.67. The van der Waals surface area contributed by atoms with Crippen LogP contribution in [0.5, 0.6) is 0 Å². The minimum atomic E-state index is -0.246. The van der Waals surface area contributed by atoms with E-state index in [0.717, 1.165) is 49.3 Å². The summed E-state index contributed by atoms with van der Waals surface area (Å²) in [5.74, 6) is -0.0475. The highest BCUT2D eigenvalue weighted by atomic mass is 79.9. The number of ether oxygens (including phenoxy) is 1. The summed E-state index contributed by atoms with van der Waals surface area (Å²) in [5, 5.41) is 6.98. The molecule has 1 fully saturated rings. The number of hydrogen-bond acceptors (Lipinski definition) is 6. The lowest BCUT2D eigenvalue weighted by atomic mass is 9.99. The van der Waals surface area contributed by atoms with Gasteiger partial charge >= 0.3 is 0 Å². The van der Waals surface area contributed by atoms with Crippen LogP contribution in [-0.4, -0.2) is 66.1 Å². The number of aryl methyl sites for hydroxylation is 1. The molecule has 0 aliphatic carbocycles. The summed E-state index contributed by atoms with van der Waals surface area (Å²) in [7, 11) is 0. The first-order chi connectivity index (χ1) is 15.5. The third-order valence-electron chi connectivity index (χ3n) is 5.44. The Labute approximate surface area is 194 Å². The number of halogens is 1. The molecule has 0 bridgehead atoms. The normalized spacial score (nSPS) is 14.4. The van der Waals surface area contributed by atoms with E-state index in [1.165, 1.54) is 0 Å². The van der Waals surface area contributed by atoms with E-state index < -0.39 is 0 Å². The van der Waals surface area contributed by atoms with Crippen molar-refractivity contribution in [3.05, 3.63) is 63.6 Å².